The van der Waals surface area contributed by atoms with Gasteiger partial charge in [-0.3, -0.25) is 9.59 Å². The van der Waals surface area contributed by atoms with E-state index in [1.54, 1.807) is 11.0 Å². The first-order valence-corrected chi connectivity index (χ1v) is 9.52. The lowest BCUT2D eigenvalue weighted by Crippen LogP contribution is -2.52. The number of hydrogen-bond donors (Lipinski definition) is 1. The van der Waals surface area contributed by atoms with E-state index in [1.165, 1.54) is 14.1 Å². The highest BCUT2D eigenvalue weighted by Gasteiger charge is 2.27. The Labute approximate surface area is 152 Å². The number of rotatable bonds is 4. The molecule has 1 aliphatic rings. The van der Waals surface area contributed by atoms with Crippen LogP contribution in [0.15, 0.2) is 24.3 Å². The zero-order chi connectivity index (χ0) is 18.6. The standard InChI is InChI=1S/C15H21ClN4O4S/c1-18(2)25(23,24)15(22)17-11-14(21)20-8-6-19(7-9-20)13-5-3-4-12(16)10-13/h3-5,10H,6-9,11H2,1-2H3,(H,17,22). The van der Waals surface area contributed by atoms with E-state index in [0.29, 0.717) is 31.2 Å². The highest BCUT2D eigenvalue weighted by atomic mass is 35.5. The van der Waals surface area contributed by atoms with Crippen molar-refractivity contribution >= 4 is 38.5 Å². The Bertz CT molecular complexity index is 746. The Morgan fingerprint density at radius 3 is 2.40 bits per heavy atom. The van der Waals surface area contributed by atoms with Gasteiger partial charge in [-0.05, 0) is 18.2 Å². The normalized spacial score (nSPS) is 15.4. The minimum Gasteiger partial charge on any atom is -0.368 e. The Morgan fingerprint density at radius 1 is 1.20 bits per heavy atom. The number of anilines is 1. The molecule has 25 heavy (non-hydrogen) atoms. The fourth-order valence-electron chi connectivity index (χ4n) is 2.40. The first-order chi connectivity index (χ1) is 11.7. The van der Waals surface area contributed by atoms with Gasteiger partial charge in [-0.25, -0.2) is 8.42 Å². The molecule has 0 unspecified atom stereocenters. The van der Waals surface area contributed by atoms with E-state index < -0.39 is 15.3 Å². The number of nitrogens with one attached hydrogen (secondary N) is 1. The van der Waals surface area contributed by atoms with Crippen LogP contribution in [0.2, 0.25) is 5.02 Å². The van der Waals surface area contributed by atoms with E-state index in [4.69, 9.17) is 11.6 Å². The lowest BCUT2D eigenvalue weighted by Gasteiger charge is -2.36. The quantitative estimate of drug-likeness (QED) is 0.815. The number of halogens is 1. The first kappa shape index (κ1) is 19.5. The van der Waals surface area contributed by atoms with Gasteiger partial charge in [-0.15, -0.1) is 0 Å². The van der Waals surface area contributed by atoms with Gasteiger partial charge in [0.05, 0.1) is 6.54 Å². The van der Waals surface area contributed by atoms with Crippen molar-refractivity contribution < 1.29 is 18.0 Å². The zero-order valence-corrected chi connectivity index (χ0v) is 15.7. The zero-order valence-electron chi connectivity index (χ0n) is 14.1. The maximum atomic E-state index is 12.2. The SMILES string of the molecule is CN(C)S(=O)(=O)C(=O)NCC(=O)N1CCN(c2cccc(Cl)c2)CC1. The molecule has 0 saturated carbocycles. The number of benzene rings is 1. The van der Waals surface area contributed by atoms with E-state index >= 15 is 0 Å². The summed E-state index contributed by atoms with van der Waals surface area (Å²) in [6, 6.07) is 7.49. The summed E-state index contributed by atoms with van der Waals surface area (Å²) >= 11 is 5.99. The highest BCUT2D eigenvalue weighted by molar-refractivity contribution is 8.03. The Morgan fingerprint density at radius 2 is 1.84 bits per heavy atom. The van der Waals surface area contributed by atoms with Crippen LogP contribution in [0.25, 0.3) is 0 Å². The molecule has 1 fully saturated rings. The fraction of sp³-hybridized carbons (Fsp3) is 0.467. The Kier molecular flexibility index (Phi) is 6.26. The van der Waals surface area contributed by atoms with Gasteiger partial charge in [0.2, 0.25) is 5.91 Å². The smallest absolute Gasteiger partial charge is 0.352 e. The Balaban J connectivity index is 1.84. The lowest BCUT2D eigenvalue weighted by molar-refractivity contribution is -0.130. The van der Waals surface area contributed by atoms with Gasteiger partial charge < -0.3 is 15.1 Å². The molecule has 0 aliphatic carbocycles. The largest absolute Gasteiger partial charge is 0.368 e. The summed E-state index contributed by atoms with van der Waals surface area (Å²) in [7, 11) is -1.55. The van der Waals surface area contributed by atoms with Crippen LogP contribution >= 0.6 is 11.6 Å². The predicted molar refractivity (Wildman–Crippen MR) is 96.3 cm³/mol. The van der Waals surface area contributed by atoms with Crippen LogP contribution in [0.1, 0.15) is 0 Å². The fourth-order valence-corrected chi connectivity index (χ4v) is 3.17. The second-order valence-electron chi connectivity index (χ2n) is 5.78. The maximum Gasteiger partial charge on any atom is 0.352 e. The molecule has 2 amide bonds. The minimum absolute atomic E-state index is 0.312. The summed E-state index contributed by atoms with van der Waals surface area (Å²) in [6.07, 6.45) is 0. The molecule has 0 radical (unpaired) electrons. The molecule has 1 aliphatic heterocycles. The van der Waals surface area contributed by atoms with Gasteiger partial charge >= 0.3 is 5.24 Å². The third kappa shape index (κ3) is 4.83. The van der Waals surface area contributed by atoms with Crippen molar-refractivity contribution in [3.8, 4) is 0 Å². The average Bonchev–Trinajstić information content (AvgIpc) is 2.59. The molecule has 2 rings (SSSR count). The van der Waals surface area contributed by atoms with Gasteiger partial charge in [0, 0.05) is 51.0 Å². The van der Waals surface area contributed by atoms with E-state index in [1.807, 2.05) is 18.2 Å². The minimum atomic E-state index is -4.06. The second-order valence-corrected chi connectivity index (χ2v) is 8.26. The van der Waals surface area contributed by atoms with Gasteiger partial charge in [-0.2, -0.15) is 4.31 Å². The molecule has 0 aromatic heterocycles. The van der Waals surface area contributed by atoms with Crippen molar-refractivity contribution in [2.45, 2.75) is 0 Å². The Hall–Kier alpha value is -1.84. The second kappa shape index (κ2) is 8.03. The lowest BCUT2D eigenvalue weighted by atomic mass is 10.2. The van der Waals surface area contributed by atoms with Crippen LogP contribution in [0.3, 0.4) is 0 Å². The number of amides is 2. The van der Waals surface area contributed by atoms with Gasteiger partial charge in [0.25, 0.3) is 10.0 Å². The molecule has 10 heteroatoms. The van der Waals surface area contributed by atoms with Crippen LogP contribution in [0.5, 0.6) is 0 Å². The van der Waals surface area contributed by atoms with Crippen LogP contribution in [0.4, 0.5) is 10.5 Å². The number of hydrogen-bond acceptors (Lipinski definition) is 5. The third-order valence-electron chi connectivity index (χ3n) is 3.90. The summed E-state index contributed by atoms with van der Waals surface area (Å²) in [5, 5.41) is 1.64. The molecule has 1 aromatic carbocycles. The number of nitrogens with zero attached hydrogens (tertiary/aromatic N) is 3. The molecule has 0 spiro atoms. The maximum absolute atomic E-state index is 12.2. The van der Waals surface area contributed by atoms with E-state index in [0.717, 1.165) is 9.99 Å². The molecule has 1 saturated heterocycles. The van der Waals surface area contributed by atoms with E-state index in [2.05, 4.69) is 10.2 Å². The van der Waals surface area contributed by atoms with E-state index in [-0.39, 0.29) is 12.5 Å². The van der Waals surface area contributed by atoms with Crippen LogP contribution < -0.4 is 10.2 Å². The molecule has 1 aromatic rings. The van der Waals surface area contributed by atoms with Crippen LogP contribution in [-0.4, -0.2) is 75.6 Å². The molecule has 0 atom stereocenters. The number of sulfonamides is 1. The molecule has 0 bridgehead atoms. The van der Waals surface area contributed by atoms with Crippen molar-refractivity contribution in [3.63, 3.8) is 0 Å². The van der Waals surface area contributed by atoms with Crippen molar-refractivity contribution in [1.29, 1.82) is 0 Å². The number of piperazine rings is 1. The van der Waals surface area contributed by atoms with Crippen molar-refractivity contribution in [2.75, 3.05) is 51.7 Å². The molecule has 1 N–H and O–H groups in total. The number of carbonyl (C=O) groups is 2. The first-order valence-electron chi connectivity index (χ1n) is 7.70. The molecule has 8 nitrogen and oxygen atoms in total. The van der Waals surface area contributed by atoms with Crippen molar-refractivity contribution in [3.05, 3.63) is 29.3 Å². The van der Waals surface area contributed by atoms with Crippen molar-refractivity contribution in [1.82, 2.24) is 14.5 Å². The monoisotopic (exact) mass is 388 g/mol. The van der Waals surface area contributed by atoms with Gasteiger partial charge in [0.1, 0.15) is 0 Å². The highest BCUT2D eigenvalue weighted by Crippen LogP contribution is 2.20. The van der Waals surface area contributed by atoms with Gasteiger partial charge in [0.15, 0.2) is 0 Å². The molecule has 138 valence electrons. The van der Waals surface area contributed by atoms with Crippen LogP contribution in [-0.2, 0) is 14.8 Å². The molecule has 1 heterocycles. The summed E-state index contributed by atoms with van der Waals surface area (Å²) < 4.78 is 24.0. The number of carbonyl (C=O) groups excluding carboxylic acids is 2. The predicted octanol–water partition coefficient (Wildman–Crippen LogP) is 0.590. The summed E-state index contributed by atoms with van der Waals surface area (Å²) in [6.45, 7) is 1.90. The third-order valence-corrected chi connectivity index (χ3v) is 5.71. The van der Waals surface area contributed by atoms with Crippen LogP contribution in [0, 0.1) is 0 Å². The van der Waals surface area contributed by atoms with E-state index in [9.17, 15) is 18.0 Å². The summed E-state index contributed by atoms with van der Waals surface area (Å²) in [4.78, 5) is 27.5. The topological polar surface area (TPSA) is 90.0 Å². The molecular formula is C15H21ClN4O4S. The van der Waals surface area contributed by atoms with Gasteiger partial charge in [-0.1, -0.05) is 17.7 Å². The molecular weight excluding hydrogens is 368 g/mol. The average molecular weight is 389 g/mol. The van der Waals surface area contributed by atoms with Crippen molar-refractivity contribution in [2.24, 2.45) is 0 Å². The summed E-state index contributed by atoms with van der Waals surface area (Å²) in [5.41, 5.74) is 0.991. The summed E-state index contributed by atoms with van der Waals surface area (Å²) in [5.74, 6) is -0.312.